The van der Waals surface area contributed by atoms with Gasteiger partial charge >= 0.3 is 0 Å². The van der Waals surface area contributed by atoms with Crippen LogP contribution in [0.15, 0.2) is 41.0 Å². The van der Waals surface area contributed by atoms with Crippen LogP contribution >= 0.6 is 0 Å². The zero-order valence-corrected chi connectivity index (χ0v) is 22.6. The first-order chi connectivity index (χ1) is 19.4. The van der Waals surface area contributed by atoms with Crippen LogP contribution in [0.5, 0.6) is 5.75 Å². The average Bonchev–Trinajstić information content (AvgIpc) is 3.63. The van der Waals surface area contributed by atoms with Crippen molar-refractivity contribution in [1.29, 1.82) is 0 Å². The first-order valence-corrected chi connectivity index (χ1v) is 14.7. The van der Waals surface area contributed by atoms with Crippen molar-refractivity contribution in [3.05, 3.63) is 48.2 Å². The SMILES string of the molecule is Nc1nc(NCCN2CCN(c3cc(O[C@H]4CC[S@@+]([O-])CC4)c(F)cc3F)CC2)nc2cc(-c3ccco3)nn12. The summed E-state index contributed by atoms with van der Waals surface area (Å²) in [7, 11) is 0. The number of hydrogen-bond donors (Lipinski definition) is 2. The van der Waals surface area contributed by atoms with Gasteiger partial charge in [0, 0.05) is 70.3 Å². The van der Waals surface area contributed by atoms with Crippen molar-refractivity contribution >= 4 is 34.4 Å². The van der Waals surface area contributed by atoms with Gasteiger partial charge in [0.05, 0.1) is 12.0 Å². The van der Waals surface area contributed by atoms with Gasteiger partial charge in [-0.1, -0.05) is 11.2 Å². The molecule has 212 valence electrons. The fourth-order valence-electron chi connectivity index (χ4n) is 4.99. The van der Waals surface area contributed by atoms with Crippen LogP contribution in [0.4, 0.5) is 26.4 Å². The molecule has 14 heteroatoms. The van der Waals surface area contributed by atoms with E-state index in [1.165, 1.54) is 10.6 Å². The largest absolute Gasteiger partial charge is 0.616 e. The highest BCUT2D eigenvalue weighted by Crippen LogP contribution is 2.31. The minimum absolute atomic E-state index is 0.0476. The molecule has 3 N–H and O–H groups in total. The van der Waals surface area contributed by atoms with Gasteiger partial charge in [0.25, 0.3) is 0 Å². The maximum atomic E-state index is 14.7. The summed E-state index contributed by atoms with van der Waals surface area (Å²) in [5.74, 6) is 1.04. The number of aromatic nitrogens is 4. The summed E-state index contributed by atoms with van der Waals surface area (Å²) in [6.07, 6.45) is 2.58. The van der Waals surface area contributed by atoms with Crippen LogP contribution in [0, 0.1) is 11.6 Å². The Bertz CT molecular complexity index is 1450. The zero-order chi connectivity index (χ0) is 27.6. The number of rotatable bonds is 8. The molecule has 0 unspecified atom stereocenters. The summed E-state index contributed by atoms with van der Waals surface area (Å²) in [6, 6.07) is 7.72. The molecule has 0 bridgehead atoms. The Morgan fingerprint density at radius 3 is 2.65 bits per heavy atom. The molecule has 2 saturated heterocycles. The van der Waals surface area contributed by atoms with E-state index in [2.05, 4.69) is 25.3 Å². The number of nitrogens with one attached hydrogen (secondary N) is 1. The second kappa shape index (κ2) is 11.5. The van der Waals surface area contributed by atoms with Crippen LogP contribution in [0.25, 0.3) is 17.1 Å². The molecular weight excluding hydrogens is 542 g/mol. The fraction of sp³-hybridized carbons (Fsp3) is 0.423. The van der Waals surface area contributed by atoms with E-state index in [1.807, 2.05) is 11.0 Å². The fourth-order valence-corrected chi connectivity index (χ4v) is 6.25. The van der Waals surface area contributed by atoms with Crippen LogP contribution < -0.4 is 20.7 Å². The molecule has 0 radical (unpaired) electrons. The zero-order valence-electron chi connectivity index (χ0n) is 21.8. The van der Waals surface area contributed by atoms with E-state index >= 15 is 0 Å². The Labute approximate surface area is 232 Å². The molecule has 3 aromatic heterocycles. The summed E-state index contributed by atoms with van der Waals surface area (Å²) < 4.78 is 53.5. The second-order valence-corrected chi connectivity index (χ2v) is 11.5. The van der Waals surface area contributed by atoms with E-state index in [9.17, 15) is 13.3 Å². The maximum Gasteiger partial charge on any atom is 0.228 e. The molecule has 5 heterocycles. The summed E-state index contributed by atoms with van der Waals surface area (Å²) in [4.78, 5) is 13.0. The predicted octanol–water partition coefficient (Wildman–Crippen LogP) is 2.77. The lowest BCUT2D eigenvalue weighted by molar-refractivity contribution is 0.181. The van der Waals surface area contributed by atoms with E-state index in [0.29, 0.717) is 85.8 Å². The third kappa shape index (κ3) is 5.78. The molecule has 4 aromatic rings. The summed E-state index contributed by atoms with van der Waals surface area (Å²) >= 11 is -0.835. The lowest BCUT2D eigenvalue weighted by Gasteiger charge is -2.36. The van der Waals surface area contributed by atoms with Gasteiger partial charge in [-0.25, -0.2) is 8.78 Å². The van der Waals surface area contributed by atoms with Crippen LogP contribution in [-0.2, 0) is 11.2 Å². The van der Waals surface area contributed by atoms with Gasteiger partial charge in [-0.15, -0.1) is 0 Å². The Balaban J connectivity index is 1.02. The van der Waals surface area contributed by atoms with Gasteiger partial charge in [0.2, 0.25) is 11.9 Å². The van der Waals surface area contributed by atoms with Crippen molar-refractivity contribution in [2.75, 3.05) is 66.7 Å². The third-order valence-electron chi connectivity index (χ3n) is 7.18. The van der Waals surface area contributed by atoms with Crippen LogP contribution in [0.2, 0.25) is 0 Å². The van der Waals surface area contributed by atoms with E-state index in [1.54, 1.807) is 18.4 Å². The van der Waals surface area contributed by atoms with Crippen LogP contribution in [-0.4, -0.2) is 85.9 Å². The van der Waals surface area contributed by atoms with Gasteiger partial charge < -0.3 is 29.7 Å². The van der Waals surface area contributed by atoms with Crippen molar-refractivity contribution in [3.63, 3.8) is 0 Å². The topological polar surface area (TPSA) is 133 Å². The van der Waals surface area contributed by atoms with Gasteiger partial charge in [-0.05, 0) is 12.1 Å². The Morgan fingerprint density at radius 2 is 1.90 bits per heavy atom. The number of furan rings is 1. The molecule has 0 spiro atoms. The molecule has 1 aromatic carbocycles. The van der Waals surface area contributed by atoms with Crippen LogP contribution in [0.1, 0.15) is 12.8 Å². The van der Waals surface area contributed by atoms with Gasteiger partial charge in [0.15, 0.2) is 23.0 Å². The van der Waals surface area contributed by atoms with Crippen molar-refractivity contribution < 1.29 is 22.5 Å². The highest BCUT2D eigenvalue weighted by molar-refractivity contribution is 7.91. The number of piperazine rings is 1. The second-order valence-electron chi connectivity index (χ2n) is 9.84. The lowest BCUT2D eigenvalue weighted by atomic mass is 10.2. The predicted molar refractivity (Wildman–Crippen MR) is 148 cm³/mol. The van der Waals surface area contributed by atoms with Gasteiger partial charge in [-0.3, -0.25) is 4.90 Å². The quantitative estimate of drug-likeness (QED) is 0.304. The van der Waals surface area contributed by atoms with E-state index in [0.717, 1.165) is 12.6 Å². The Hall–Kier alpha value is -3.62. The number of nitrogens with two attached hydrogens (primary N) is 1. The molecule has 2 fully saturated rings. The molecule has 0 amide bonds. The molecule has 2 aliphatic heterocycles. The molecule has 11 nitrogen and oxygen atoms in total. The number of nitrogens with zero attached hydrogens (tertiary/aromatic N) is 6. The van der Waals surface area contributed by atoms with E-state index in [-0.39, 0.29) is 17.8 Å². The summed E-state index contributed by atoms with van der Waals surface area (Å²) in [5, 5.41) is 7.61. The number of nitrogen functional groups attached to an aromatic ring is 1. The lowest BCUT2D eigenvalue weighted by Crippen LogP contribution is -2.48. The number of benzene rings is 1. The third-order valence-corrected chi connectivity index (χ3v) is 8.56. The summed E-state index contributed by atoms with van der Waals surface area (Å²) in [5.41, 5.74) is 7.59. The number of halogens is 2. The van der Waals surface area contributed by atoms with Crippen molar-refractivity contribution in [3.8, 4) is 17.2 Å². The van der Waals surface area contributed by atoms with Gasteiger partial charge in [0.1, 0.15) is 29.1 Å². The number of hydrogen-bond acceptors (Lipinski definition) is 10. The van der Waals surface area contributed by atoms with Crippen LogP contribution in [0.3, 0.4) is 0 Å². The molecule has 0 atom stereocenters. The molecule has 6 rings (SSSR count). The van der Waals surface area contributed by atoms with E-state index in [4.69, 9.17) is 14.9 Å². The number of ether oxygens (including phenoxy) is 1. The Morgan fingerprint density at radius 1 is 1.10 bits per heavy atom. The van der Waals surface area contributed by atoms with E-state index < -0.39 is 22.8 Å². The molecule has 0 aliphatic carbocycles. The monoisotopic (exact) mass is 572 g/mol. The highest BCUT2D eigenvalue weighted by Gasteiger charge is 2.26. The maximum absolute atomic E-state index is 14.7. The first-order valence-electron chi connectivity index (χ1n) is 13.2. The van der Waals surface area contributed by atoms with Crippen molar-refractivity contribution in [1.82, 2.24) is 24.5 Å². The average molecular weight is 573 g/mol. The number of anilines is 3. The normalized spacial score (nSPS) is 20.2. The van der Waals surface area contributed by atoms with Crippen molar-refractivity contribution in [2.45, 2.75) is 18.9 Å². The molecule has 2 aliphatic rings. The smallest absolute Gasteiger partial charge is 0.228 e. The molecule has 0 saturated carbocycles. The minimum atomic E-state index is -0.835. The standard InChI is InChI=1S/C26H30F2N8O3S/c27-18-14-19(28)23(39-17-3-12-40(37)13-4-17)16-21(18)35-9-7-34(8-10-35)6-5-30-26-31-24-15-20(22-2-1-11-38-22)33-36(24)25(29)32-26/h1-2,11,14-17H,3-10,12-13H2,(H3,29,30,31,32)/t17-,40+. The summed E-state index contributed by atoms with van der Waals surface area (Å²) in [6.45, 7) is 3.91. The van der Waals surface area contributed by atoms with Gasteiger partial charge in [-0.2, -0.15) is 19.6 Å². The first kappa shape index (κ1) is 26.6. The number of fused-ring (bicyclic) bond motifs is 1. The highest BCUT2D eigenvalue weighted by atomic mass is 32.2. The minimum Gasteiger partial charge on any atom is -0.616 e. The molecule has 40 heavy (non-hydrogen) atoms. The molecular formula is C26H30F2N8O3S. The van der Waals surface area contributed by atoms with Crippen molar-refractivity contribution in [2.24, 2.45) is 0 Å². The Kier molecular flexibility index (Phi) is 7.63.